The molecule has 1 amide bonds. The molecule has 2 aromatic carbocycles. The highest BCUT2D eigenvalue weighted by molar-refractivity contribution is 5.98. The van der Waals surface area contributed by atoms with Crippen molar-refractivity contribution in [3.05, 3.63) is 65.7 Å². The number of carbonyl (C=O) groups is 2. The van der Waals surface area contributed by atoms with Crippen molar-refractivity contribution in [3.63, 3.8) is 0 Å². The van der Waals surface area contributed by atoms with Gasteiger partial charge in [-0.2, -0.15) is 0 Å². The van der Waals surface area contributed by atoms with E-state index in [1.807, 2.05) is 53.4 Å². The fraction of sp³-hybridized carbons (Fsp3) is 0.364. The maximum atomic E-state index is 12.7. The summed E-state index contributed by atoms with van der Waals surface area (Å²) in [5.74, 6) is 0.490. The topological polar surface area (TPSA) is 40.6 Å². The number of para-hydroxylation sites is 1. The average Bonchev–Trinajstić information content (AvgIpc) is 3.13. The van der Waals surface area contributed by atoms with E-state index in [0.717, 1.165) is 50.1 Å². The van der Waals surface area contributed by atoms with E-state index in [-0.39, 0.29) is 17.6 Å². The van der Waals surface area contributed by atoms with Crippen LogP contribution in [-0.4, -0.2) is 42.8 Å². The van der Waals surface area contributed by atoms with Crippen LogP contribution in [0.3, 0.4) is 0 Å². The molecule has 0 saturated carbocycles. The molecule has 0 bridgehead atoms. The van der Waals surface area contributed by atoms with E-state index in [0.29, 0.717) is 6.54 Å². The van der Waals surface area contributed by atoms with Gasteiger partial charge in [-0.15, -0.1) is 0 Å². The fourth-order valence-electron chi connectivity index (χ4n) is 4.07. The second-order valence-corrected chi connectivity index (χ2v) is 7.20. The highest BCUT2D eigenvalue weighted by Gasteiger charge is 2.29. The zero-order chi connectivity index (χ0) is 17.9. The fourth-order valence-corrected chi connectivity index (χ4v) is 4.07. The number of likely N-dealkylation sites (tertiary alicyclic amines) is 1. The van der Waals surface area contributed by atoms with Gasteiger partial charge >= 0.3 is 0 Å². The normalized spacial score (nSPS) is 17.9. The van der Waals surface area contributed by atoms with E-state index in [1.54, 1.807) is 0 Å². The first-order valence-electron chi connectivity index (χ1n) is 9.42. The van der Waals surface area contributed by atoms with Crippen LogP contribution in [0.1, 0.15) is 28.8 Å². The van der Waals surface area contributed by atoms with Gasteiger partial charge in [0.1, 0.15) is 0 Å². The van der Waals surface area contributed by atoms with E-state index >= 15 is 0 Å². The molecule has 2 aliphatic rings. The summed E-state index contributed by atoms with van der Waals surface area (Å²) in [5.41, 5.74) is 3.12. The lowest BCUT2D eigenvalue weighted by atomic mass is 9.89. The number of nitrogens with zero attached hydrogens (tertiary/aromatic N) is 2. The number of anilines is 1. The van der Waals surface area contributed by atoms with Gasteiger partial charge in [0.05, 0.1) is 6.54 Å². The van der Waals surface area contributed by atoms with Crippen LogP contribution in [0.5, 0.6) is 0 Å². The van der Waals surface area contributed by atoms with E-state index in [2.05, 4.69) is 11.0 Å². The Morgan fingerprint density at radius 1 is 0.885 bits per heavy atom. The van der Waals surface area contributed by atoms with Gasteiger partial charge < -0.3 is 4.90 Å². The number of carbonyl (C=O) groups excluding carboxylic acids is 2. The molecule has 0 radical (unpaired) electrons. The number of benzene rings is 2. The van der Waals surface area contributed by atoms with Crippen LogP contribution in [0.25, 0.3) is 0 Å². The molecule has 4 nitrogen and oxygen atoms in total. The van der Waals surface area contributed by atoms with E-state index < -0.39 is 0 Å². The molecule has 0 unspecified atom stereocenters. The minimum atomic E-state index is 0.0799. The van der Waals surface area contributed by atoms with Crippen LogP contribution in [0.4, 0.5) is 5.69 Å². The Hall–Kier alpha value is -2.46. The zero-order valence-corrected chi connectivity index (χ0v) is 14.9. The molecule has 26 heavy (non-hydrogen) atoms. The van der Waals surface area contributed by atoms with Gasteiger partial charge in [0, 0.05) is 23.7 Å². The maximum absolute atomic E-state index is 12.7. The van der Waals surface area contributed by atoms with Crippen LogP contribution in [0.15, 0.2) is 54.6 Å². The molecule has 4 rings (SSSR count). The average molecular weight is 348 g/mol. The van der Waals surface area contributed by atoms with Crippen molar-refractivity contribution in [2.75, 3.05) is 31.1 Å². The summed E-state index contributed by atoms with van der Waals surface area (Å²) >= 11 is 0. The number of hydrogen-bond acceptors (Lipinski definition) is 3. The van der Waals surface area contributed by atoms with Crippen LogP contribution >= 0.6 is 0 Å². The van der Waals surface area contributed by atoms with E-state index in [9.17, 15) is 9.59 Å². The third-order valence-electron chi connectivity index (χ3n) is 5.56. The van der Waals surface area contributed by atoms with Crippen molar-refractivity contribution in [2.24, 2.45) is 5.92 Å². The first kappa shape index (κ1) is 17.0. The third kappa shape index (κ3) is 3.42. The van der Waals surface area contributed by atoms with Crippen molar-refractivity contribution in [1.82, 2.24) is 4.90 Å². The SMILES string of the molecule is O=C(c1ccccc1)C1CCN(CC(=O)N2CCc3ccccc32)CC1. The molecule has 2 aliphatic heterocycles. The summed E-state index contributed by atoms with van der Waals surface area (Å²) in [6.07, 6.45) is 2.60. The minimum Gasteiger partial charge on any atom is -0.311 e. The highest BCUT2D eigenvalue weighted by Crippen LogP contribution is 2.28. The molecule has 0 N–H and O–H groups in total. The number of amides is 1. The summed E-state index contributed by atoms with van der Waals surface area (Å²) in [5, 5.41) is 0. The molecular formula is C22H24N2O2. The van der Waals surface area contributed by atoms with Gasteiger partial charge in [0.25, 0.3) is 0 Å². The molecule has 2 heterocycles. The molecule has 0 spiro atoms. The maximum Gasteiger partial charge on any atom is 0.241 e. The van der Waals surface area contributed by atoms with Crippen molar-refractivity contribution >= 4 is 17.4 Å². The standard InChI is InChI=1S/C22H24N2O2/c25-21(24-15-12-17-6-4-5-9-20(17)24)16-23-13-10-19(11-14-23)22(26)18-7-2-1-3-8-18/h1-9,19H,10-16H2. The molecule has 134 valence electrons. The lowest BCUT2D eigenvalue weighted by molar-refractivity contribution is -0.119. The van der Waals surface area contributed by atoms with Gasteiger partial charge in [-0.05, 0) is 44.0 Å². The minimum absolute atomic E-state index is 0.0799. The summed E-state index contributed by atoms with van der Waals surface area (Å²) in [6.45, 7) is 2.84. The Kier molecular flexibility index (Phi) is 4.85. The van der Waals surface area contributed by atoms with Crippen molar-refractivity contribution < 1.29 is 9.59 Å². The summed E-state index contributed by atoms with van der Waals surface area (Å²) in [6, 6.07) is 17.7. The Labute approximate surface area is 154 Å². The largest absolute Gasteiger partial charge is 0.311 e. The number of hydrogen-bond donors (Lipinski definition) is 0. The molecule has 0 atom stereocenters. The smallest absolute Gasteiger partial charge is 0.241 e. The monoisotopic (exact) mass is 348 g/mol. The number of rotatable bonds is 4. The Morgan fingerprint density at radius 3 is 2.35 bits per heavy atom. The van der Waals surface area contributed by atoms with Gasteiger partial charge in [-0.1, -0.05) is 48.5 Å². The second-order valence-electron chi connectivity index (χ2n) is 7.20. The molecule has 1 fully saturated rings. The van der Waals surface area contributed by atoms with Crippen LogP contribution < -0.4 is 4.90 Å². The summed E-state index contributed by atoms with van der Waals surface area (Å²) in [4.78, 5) is 29.4. The predicted octanol–water partition coefficient (Wildman–Crippen LogP) is 3.17. The van der Waals surface area contributed by atoms with Gasteiger partial charge in [0.15, 0.2) is 5.78 Å². The van der Waals surface area contributed by atoms with Crippen LogP contribution in [0, 0.1) is 5.92 Å². The molecular weight excluding hydrogens is 324 g/mol. The zero-order valence-electron chi connectivity index (χ0n) is 14.9. The number of fused-ring (bicyclic) bond motifs is 1. The van der Waals surface area contributed by atoms with Crippen molar-refractivity contribution in [3.8, 4) is 0 Å². The second kappa shape index (κ2) is 7.42. The van der Waals surface area contributed by atoms with Crippen molar-refractivity contribution in [1.29, 1.82) is 0 Å². The number of piperidine rings is 1. The highest BCUT2D eigenvalue weighted by atomic mass is 16.2. The summed E-state index contributed by atoms with van der Waals surface area (Å²) < 4.78 is 0. The first-order chi connectivity index (χ1) is 12.7. The molecule has 2 aromatic rings. The van der Waals surface area contributed by atoms with Gasteiger partial charge in [0.2, 0.25) is 5.91 Å². The Balaban J connectivity index is 1.32. The van der Waals surface area contributed by atoms with Crippen LogP contribution in [0.2, 0.25) is 0 Å². The Bertz CT molecular complexity index is 795. The molecule has 4 heteroatoms. The predicted molar refractivity (Wildman–Crippen MR) is 102 cm³/mol. The molecule has 1 saturated heterocycles. The lowest BCUT2D eigenvalue weighted by Gasteiger charge is -2.32. The lowest BCUT2D eigenvalue weighted by Crippen LogP contribution is -2.44. The third-order valence-corrected chi connectivity index (χ3v) is 5.56. The first-order valence-corrected chi connectivity index (χ1v) is 9.42. The quantitative estimate of drug-likeness (QED) is 0.797. The Morgan fingerprint density at radius 2 is 1.58 bits per heavy atom. The van der Waals surface area contributed by atoms with E-state index in [4.69, 9.17) is 0 Å². The number of Topliss-reactive ketones (excluding diaryl/α,β-unsaturated/α-hetero) is 1. The molecule has 0 aromatic heterocycles. The van der Waals surface area contributed by atoms with E-state index in [1.165, 1.54) is 5.56 Å². The molecule has 0 aliphatic carbocycles. The van der Waals surface area contributed by atoms with Crippen LogP contribution in [-0.2, 0) is 11.2 Å². The summed E-state index contributed by atoms with van der Waals surface area (Å²) in [7, 11) is 0. The number of ketones is 1. The van der Waals surface area contributed by atoms with Gasteiger partial charge in [-0.25, -0.2) is 0 Å². The van der Waals surface area contributed by atoms with Crippen molar-refractivity contribution in [2.45, 2.75) is 19.3 Å². The van der Waals surface area contributed by atoms with Gasteiger partial charge in [-0.3, -0.25) is 14.5 Å².